The standard InChI is InChI=1S/C17H20FN3O5S/c1-11-16(12(2)26-19-11)27(23,24)21-8-6-20(7-9-21)17(22)14-5-4-13(25-3)10-15(14)18/h4-5,10H,6-9H2,1-3H3. The van der Waals surface area contributed by atoms with Gasteiger partial charge in [-0.2, -0.15) is 4.31 Å². The molecule has 8 nitrogen and oxygen atoms in total. The second kappa shape index (κ2) is 7.28. The topological polar surface area (TPSA) is 93.0 Å². The molecule has 0 saturated carbocycles. The number of methoxy groups -OCH3 is 1. The van der Waals surface area contributed by atoms with Gasteiger partial charge in [0, 0.05) is 32.2 Å². The summed E-state index contributed by atoms with van der Waals surface area (Å²) in [7, 11) is -2.35. The average molecular weight is 397 g/mol. The van der Waals surface area contributed by atoms with Gasteiger partial charge in [-0.3, -0.25) is 4.79 Å². The van der Waals surface area contributed by atoms with Crippen LogP contribution in [0.25, 0.3) is 0 Å². The number of amides is 1. The predicted molar refractivity (Wildman–Crippen MR) is 93.6 cm³/mol. The summed E-state index contributed by atoms with van der Waals surface area (Å²) in [6.07, 6.45) is 0. The van der Waals surface area contributed by atoms with E-state index in [1.807, 2.05) is 0 Å². The van der Waals surface area contributed by atoms with E-state index in [1.54, 1.807) is 13.8 Å². The highest BCUT2D eigenvalue weighted by Gasteiger charge is 2.34. The lowest BCUT2D eigenvalue weighted by molar-refractivity contribution is 0.0693. The Bertz CT molecular complexity index is 945. The van der Waals surface area contributed by atoms with Crippen molar-refractivity contribution in [3.63, 3.8) is 0 Å². The molecule has 0 radical (unpaired) electrons. The molecular formula is C17H20FN3O5S. The van der Waals surface area contributed by atoms with Crippen molar-refractivity contribution in [1.29, 1.82) is 0 Å². The number of benzene rings is 1. The first kappa shape index (κ1) is 19.3. The number of hydrogen-bond acceptors (Lipinski definition) is 6. The second-order valence-electron chi connectivity index (χ2n) is 6.20. The largest absolute Gasteiger partial charge is 0.497 e. The minimum atomic E-state index is -3.76. The monoisotopic (exact) mass is 397 g/mol. The third-order valence-corrected chi connectivity index (χ3v) is 6.64. The maximum absolute atomic E-state index is 14.1. The summed E-state index contributed by atoms with van der Waals surface area (Å²) in [6.45, 7) is 3.64. The van der Waals surface area contributed by atoms with E-state index in [0.717, 1.165) is 6.07 Å². The van der Waals surface area contributed by atoms with Crippen LogP contribution in [0.2, 0.25) is 0 Å². The fourth-order valence-electron chi connectivity index (χ4n) is 3.07. The molecule has 3 rings (SSSR count). The number of carbonyl (C=O) groups excluding carboxylic acids is 1. The Morgan fingerprint density at radius 3 is 2.41 bits per heavy atom. The molecule has 0 bridgehead atoms. The Kier molecular flexibility index (Phi) is 5.20. The van der Waals surface area contributed by atoms with E-state index in [0.29, 0.717) is 11.4 Å². The first-order chi connectivity index (χ1) is 12.8. The van der Waals surface area contributed by atoms with E-state index >= 15 is 0 Å². The molecule has 0 atom stereocenters. The molecule has 1 aromatic carbocycles. The SMILES string of the molecule is COc1ccc(C(=O)N2CCN(S(=O)(=O)c3c(C)noc3C)CC2)c(F)c1. The van der Waals surface area contributed by atoms with Crippen LogP contribution in [-0.4, -0.2) is 62.0 Å². The van der Waals surface area contributed by atoms with E-state index in [-0.39, 0.29) is 42.4 Å². The Balaban J connectivity index is 1.73. The van der Waals surface area contributed by atoms with Crippen molar-refractivity contribution < 1.29 is 26.9 Å². The molecule has 1 fully saturated rings. The molecule has 0 aliphatic carbocycles. The maximum Gasteiger partial charge on any atom is 0.256 e. The van der Waals surface area contributed by atoms with Gasteiger partial charge in [0.1, 0.15) is 22.2 Å². The molecule has 0 spiro atoms. The van der Waals surface area contributed by atoms with Crippen LogP contribution >= 0.6 is 0 Å². The Labute approximate surface area is 156 Å². The number of piperazine rings is 1. The van der Waals surface area contributed by atoms with Gasteiger partial charge >= 0.3 is 0 Å². The van der Waals surface area contributed by atoms with E-state index in [1.165, 1.54) is 28.4 Å². The fourth-order valence-corrected chi connectivity index (χ4v) is 4.78. The summed E-state index contributed by atoms with van der Waals surface area (Å²) < 4.78 is 50.9. The third-order valence-electron chi connectivity index (χ3n) is 4.50. The summed E-state index contributed by atoms with van der Waals surface area (Å²) in [5, 5.41) is 3.69. The molecule has 1 aliphatic heterocycles. The number of nitrogens with zero attached hydrogens (tertiary/aromatic N) is 3. The molecule has 0 N–H and O–H groups in total. The summed E-state index contributed by atoms with van der Waals surface area (Å²) >= 11 is 0. The summed E-state index contributed by atoms with van der Waals surface area (Å²) in [6, 6.07) is 4.02. The predicted octanol–water partition coefficient (Wildman–Crippen LogP) is 1.59. The zero-order valence-electron chi connectivity index (χ0n) is 15.2. The number of aromatic nitrogens is 1. The highest BCUT2D eigenvalue weighted by molar-refractivity contribution is 7.89. The van der Waals surface area contributed by atoms with Gasteiger partial charge in [0.25, 0.3) is 5.91 Å². The number of sulfonamides is 1. The van der Waals surface area contributed by atoms with Crippen LogP contribution < -0.4 is 4.74 Å². The number of hydrogen-bond donors (Lipinski definition) is 0. The lowest BCUT2D eigenvalue weighted by Crippen LogP contribution is -2.50. The number of rotatable bonds is 4. The molecule has 1 aromatic heterocycles. The molecule has 1 saturated heterocycles. The van der Waals surface area contributed by atoms with Crippen molar-refractivity contribution in [3.8, 4) is 5.75 Å². The van der Waals surface area contributed by atoms with E-state index < -0.39 is 21.7 Å². The van der Waals surface area contributed by atoms with Crippen molar-refractivity contribution in [2.75, 3.05) is 33.3 Å². The quantitative estimate of drug-likeness (QED) is 0.778. The highest BCUT2D eigenvalue weighted by atomic mass is 32.2. The number of halogens is 1. The molecule has 1 aliphatic rings. The minimum absolute atomic E-state index is 0.0588. The lowest BCUT2D eigenvalue weighted by Gasteiger charge is -2.34. The van der Waals surface area contributed by atoms with Crippen LogP contribution in [0.1, 0.15) is 21.8 Å². The van der Waals surface area contributed by atoms with Crippen molar-refractivity contribution in [3.05, 3.63) is 41.0 Å². The van der Waals surface area contributed by atoms with Crippen LogP contribution in [0.3, 0.4) is 0 Å². The molecule has 2 heterocycles. The zero-order chi connectivity index (χ0) is 19.8. The van der Waals surface area contributed by atoms with Crippen molar-refractivity contribution >= 4 is 15.9 Å². The van der Waals surface area contributed by atoms with Crippen LogP contribution in [0.5, 0.6) is 5.75 Å². The first-order valence-corrected chi connectivity index (χ1v) is 9.75. The van der Waals surface area contributed by atoms with Gasteiger partial charge in [-0.1, -0.05) is 5.16 Å². The first-order valence-electron chi connectivity index (χ1n) is 8.31. The van der Waals surface area contributed by atoms with Gasteiger partial charge in [0.05, 0.1) is 12.7 Å². The molecule has 2 aromatic rings. The molecule has 0 unspecified atom stereocenters. The Morgan fingerprint density at radius 1 is 1.22 bits per heavy atom. The van der Waals surface area contributed by atoms with Gasteiger partial charge in [-0.15, -0.1) is 0 Å². The zero-order valence-corrected chi connectivity index (χ0v) is 16.0. The molecular weight excluding hydrogens is 377 g/mol. The van der Waals surface area contributed by atoms with E-state index in [9.17, 15) is 17.6 Å². The number of ether oxygens (including phenoxy) is 1. The number of aryl methyl sites for hydroxylation is 2. The van der Waals surface area contributed by atoms with Crippen molar-refractivity contribution in [2.24, 2.45) is 0 Å². The maximum atomic E-state index is 14.1. The lowest BCUT2D eigenvalue weighted by atomic mass is 10.1. The van der Waals surface area contributed by atoms with E-state index in [4.69, 9.17) is 9.26 Å². The molecule has 1 amide bonds. The minimum Gasteiger partial charge on any atom is -0.497 e. The molecule has 146 valence electrons. The average Bonchev–Trinajstić information content (AvgIpc) is 3.00. The molecule has 27 heavy (non-hydrogen) atoms. The van der Waals surface area contributed by atoms with E-state index in [2.05, 4.69) is 5.16 Å². The Morgan fingerprint density at radius 2 is 1.89 bits per heavy atom. The van der Waals surface area contributed by atoms with Gasteiger partial charge in [0.2, 0.25) is 10.0 Å². The van der Waals surface area contributed by atoms with Crippen LogP contribution in [-0.2, 0) is 10.0 Å². The van der Waals surface area contributed by atoms with Gasteiger partial charge in [-0.25, -0.2) is 12.8 Å². The van der Waals surface area contributed by atoms with Crippen molar-refractivity contribution in [1.82, 2.24) is 14.4 Å². The highest BCUT2D eigenvalue weighted by Crippen LogP contribution is 2.25. The fraction of sp³-hybridized carbons (Fsp3) is 0.412. The summed E-state index contributed by atoms with van der Waals surface area (Å²) in [4.78, 5) is 14.1. The van der Waals surface area contributed by atoms with Crippen LogP contribution in [0.4, 0.5) is 4.39 Å². The summed E-state index contributed by atoms with van der Waals surface area (Å²) in [5.41, 5.74) is 0.226. The number of carbonyl (C=O) groups is 1. The van der Waals surface area contributed by atoms with Crippen LogP contribution in [0, 0.1) is 19.7 Å². The smallest absolute Gasteiger partial charge is 0.256 e. The normalized spacial score (nSPS) is 15.8. The van der Waals surface area contributed by atoms with Gasteiger partial charge in [0.15, 0.2) is 5.76 Å². The van der Waals surface area contributed by atoms with Gasteiger partial charge in [-0.05, 0) is 26.0 Å². The third kappa shape index (κ3) is 3.54. The summed E-state index contributed by atoms with van der Waals surface area (Å²) in [5.74, 6) is -0.611. The second-order valence-corrected chi connectivity index (χ2v) is 8.07. The van der Waals surface area contributed by atoms with Crippen molar-refractivity contribution in [2.45, 2.75) is 18.7 Å². The Hall–Kier alpha value is -2.46. The molecule has 10 heteroatoms. The van der Waals surface area contributed by atoms with Gasteiger partial charge < -0.3 is 14.2 Å². The van der Waals surface area contributed by atoms with Crippen LogP contribution in [0.15, 0.2) is 27.6 Å².